The summed E-state index contributed by atoms with van der Waals surface area (Å²) in [7, 11) is 0. The Kier molecular flexibility index (Phi) is 28.2. The first kappa shape index (κ1) is 37.4. The lowest BCUT2D eigenvalue weighted by Gasteiger charge is -2.18. The molecule has 0 aliphatic rings. The molecule has 0 heterocycles. The van der Waals surface area contributed by atoms with Crippen LogP contribution >= 0.6 is 0 Å². The van der Waals surface area contributed by atoms with Crippen molar-refractivity contribution in [3.8, 4) is 0 Å². The SMILES string of the molecule is CCCCCCCCCCCC(=O)OC(CCCCCCCCCC)CCCCCCCC(=O)NCC(=O)O. The zero-order valence-electron chi connectivity index (χ0n) is 25.7. The lowest BCUT2D eigenvalue weighted by atomic mass is 10.0. The standard InChI is InChI=1S/C33H63NO5/c1-3-5-7-9-11-13-15-20-24-28-33(38)39-30(25-21-17-14-12-10-8-6-4-2)26-22-18-16-19-23-27-31(35)34-29-32(36)37/h30H,3-29H2,1-2H3,(H,34,35)(H,36,37). The van der Waals surface area contributed by atoms with Crippen LogP contribution in [0.5, 0.6) is 0 Å². The van der Waals surface area contributed by atoms with Crippen molar-refractivity contribution in [2.45, 2.75) is 187 Å². The van der Waals surface area contributed by atoms with Gasteiger partial charge in [-0.1, -0.05) is 129 Å². The van der Waals surface area contributed by atoms with Crippen molar-refractivity contribution < 1.29 is 24.2 Å². The molecule has 0 rings (SSSR count). The lowest BCUT2D eigenvalue weighted by Crippen LogP contribution is -2.28. The second kappa shape index (κ2) is 29.4. The van der Waals surface area contributed by atoms with Gasteiger partial charge in [-0.3, -0.25) is 14.4 Å². The van der Waals surface area contributed by atoms with E-state index in [4.69, 9.17) is 9.84 Å². The van der Waals surface area contributed by atoms with Gasteiger partial charge in [0.1, 0.15) is 12.6 Å². The molecule has 230 valence electrons. The minimum Gasteiger partial charge on any atom is -0.480 e. The van der Waals surface area contributed by atoms with Crippen molar-refractivity contribution in [1.29, 1.82) is 0 Å². The number of hydrogen-bond donors (Lipinski definition) is 2. The number of aliphatic carboxylic acids is 1. The zero-order valence-corrected chi connectivity index (χ0v) is 25.7. The maximum absolute atomic E-state index is 12.5. The Morgan fingerprint density at radius 2 is 0.949 bits per heavy atom. The summed E-state index contributed by atoms with van der Waals surface area (Å²) >= 11 is 0. The molecule has 6 nitrogen and oxygen atoms in total. The Hall–Kier alpha value is -1.59. The molecule has 2 N–H and O–H groups in total. The van der Waals surface area contributed by atoms with Gasteiger partial charge in [0.25, 0.3) is 0 Å². The van der Waals surface area contributed by atoms with Gasteiger partial charge in [0, 0.05) is 12.8 Å². The summed E-state index contributed by atoms with van der Waals surface area (Å²) < 4.78 is 5.95. The van der Waals surface area contributed by atoms with Crippen LogP contribution in [0, 0.1) is 0 Å². The summed E-state index contributed by atoms with van der Waals surface area (Å²) in [5.74, 6) is -1.23. The number of ether oxygens (including phenoxy) is 1. The number of carboxylic acid groups (broad SMARTS) is 1. The van der Waals surface area contributed by atoms with E-state index in [9.17, 15) is 14.4 Å². The third-order valence-corrected chi connectivity index (χ3v) is 7.53. The highest BCUT2D eigenvalue weighted by atomic mass is 16.5. The van der Waals surface area contributed by atoms with E-state index >= 15 is 0 Å². The number of unbranched alkanes of at least 4 members (excludes halogenated alkanes) is 19. The normalized spacial score (nSPS) is 11.8. The van der Waals surface area contributed by atoms with Gasteiger partial charge in [0.2, 0.25) is 5.91 Å². The second-order valence-electron chi connectivity index (χ2n) is 11.4. The smallest absolute Gasteiger partial charge is 0.322 e. The minimum atomic E-state index is -1.02. The van der Waals surface area contributed by atoms with Crippen molar-refractivity contribution in [1.82, 2.24) is 5.32 Å². The average Bonchev–Trinajstić information content (AvgIpc) is 2.91. The van der Waals surface area contributed by atoms with E-state index in [1.54, 1.807) is 0 Å². The van der Waals surface area contributed by atoms with Crippen LogP contribution in [-0.2, 0) is 19.1 Å². The molecule has 0 aliphatic carbocycles. The van der Waals surface area contributed by atoms with E-state index in [1.165, 1.54) is 89.9 Å². The van der Waals surface area contributed by atoms with Crippen LogP contribution in [0.1, 0.15) is 181 Å². The topological polar surface area (TPSA) is 92.7 Å². The molecule has 6 heteroatoms. The summed E-state index contributed by atoms with van der Waals surface area (Å²) in [5, 5.41) is 11.0. The maximum Gasteiger partial charge on any atom is 0.322 e. The number of nitrogens with one attached hydrogen (secondary N) is 1. The van der Waals surface area contributed by atoms with Crippen LogP contribution in [0.4, 0.5) is 0 Å². The van der Waals surface area contributed by atoms with Crippen LogP contribution in [-0.4, -0.2) is 35.6 Å². The maximum atomic E-state index is 12.5. The Morgan fingerprint density at radius 1 is 0.564 bits per heavy atom. The molecule has 1 unspecified atom stereocenters. The molecule has 0 spiro atoms. The van der Waals surface area contributed by atoms with Gasteiger partial charge in [-0.2, -0.15) is 0 Å². The van der Waals surface area contributed by atoms with Crippen LogP contribution in [0.2, 0.25) is 0 Å². The molecule has 0 aromatic carbocycles. The monoisotopic (exact) mass is 553 g/mol. The summed E-state index contributed by atoms with van der Waals surface area (Å²) in [6.45, 7) is 4.19. The number of carboxylic acids is 1. The van der Waals surface area contributed by atoms with Gasteiger partial charge in [-0.15, -0.1) is 0 Å². The molecular formula is C33H63NO5. The van der Waals surface area contributed by atoms with Gasteiger partial charge in [0.15, 0.2) is 0 Å². The van der Waals surface area contributed by atoms with Crippen molar-refractivity contribution in [3.05, 3.63) is 0 Å². The fraction of sp³-hybridized carbons (Fsp3) is 0.909. The molecule has 0 aromatic rings. The van der Waals surface area contributed by atoms with Crippen molar-refractivity contribution >= 4 is 17.8 Å². The van der Waals surface area contributed by atoms with E-state index in [1.807, 2.05) is 0 Å². The number of rotatable bonds is 30. The highest BCUT2D eigenvalue weighted by Crippen LogP contribution is 2.18. The first-order chi connectivity index (χ1) is 19.0. The van der Waals surface area contributed by atoms with E-state index in [-0.39, 0.29) is 24.5 Å². The first-order valence-electron chi connectivity index (χ1n) is 16.7. The first-order valence-corrected chi connectivity index (χ1v) is 16.7. The number of amides is 1. The Labute approximate surface area is 240 Å². The van der Waals surface area contributed by atoms with E-state index in [0.717, 1.165) is 64.2 Å². The number of carbonyl (C=O) groups is 3. The molecule has 0 saturated carbocycles. The van der Waals surface area contributed by atoms with Crippen LogP contribution in [0.15, 0.2) is 0 Å². The summed E-state index contributed by atoms with van der Waals surface area (Å²) in [4.78, 5) is 34.6. The van der Waals surface area contributed by atoms with Gasteiger partial charge >= 0.3 is 11.9 Å². The average molecular weight is 554 g/mol. The molecule has 0 aromatic heterocycles. The molecule has 0 bridgehead atoms. The highest BCUT2D eigenvalue weighted by molar-refractivity contribution is 5.80. The zero-order chi connectivity index (χ0) is 28.8. The van der Waals surface area contributed by atoms with E-state index in [0.29, 0.717) is 12.8 Å². The molecule has 39 heavy (non-hydrogen) atoms. The Bertz CT molecular complexity index is 580. The minimum absolute atomic E-state index is 0.0186. The van der Waals surface area contributed by atoms with Gasteiger partial charge in [-0.05, 0) is 38.5 Å². The fourth-order valence-corrected chi connectivity index (χ4v) is 5.04. The largest absolute Gasteiger partial charge is 0.480 e. The highest BCUT2D eigenvalue weighted by Gasteiger charge is 2.14. The second-order valence-corrected chi connectivity index (χ2v) is 11.4. The number of hydrogen-bond acceptors (Lipinski definition) is 4. The van der Waals surface area contributed by atoms with Crippen LogP contribution in [0.3, 0.4) is 0 Å². The summed E-state index contributed by atoms with van der Waals surface area (Å²) in [6.07, 6.45) is 29.3. The molecule has 1 atom stereocenters. The van der Waals surface area contributed by atoms with Gasteiger partial charge in [-0.25, -0.2) is 0 Å². The predicted octanol–water partition coefficient (Wildman–Crippen LogP) is 9.28. The van der Waals surface area contributed by atoms with E-state index in [2.05, 4.69) is 19.2 Å². The summed E-state index contributed by atoms with van der Waals surface area (Å²) in [6, 6.07) is 0. The third kappa shape index (κ3) is 29.2. The molecule has 0 saturated heterocycles. The van der Waals surface area contributed by atoms with Crippen LogP contribution < -0.4 is 5.32 Å². The molecular weight excluding hydrogens is 490 g/mol. The molecule has 0 fully saturated rings. The van der Waals surface area contributed by atoms with Crippen molar-refractivity contribution in [2.24, 2.45) is 0 Å². The Morgan fingerprint density at radius 3 is 1.38 bits per heavy atom. The summed E-state index contributed by atoms with van der Waals surface area (Å²) in [5.41, 5.74) is 0. The number of esters is 1. The molecule has 1 amide bonds. The van der Waals surface area contributed by atoms with Crippen molar-refractivity contribution in [2.75, 3.05) is 6.54 Å². The van der Waals surface area contributed by atoms with E-state index < -0.39 is 5.97 Å². The van der Waals surface area contributed by atoms with Crippen LogP contribution in [0.25, 0.3) is 0 Å². The molecule has 0 radical (unpaired) electrons. The van der Waals surface area contributed by atoms with Gasteiger partial charge in [0.05, 0.1) is 0 Å². The quantitative estimate of drug-likeness (QED) is 0.0683. The number of carbonyl (C=O) groups excluding carboxylic acids is 2. The predicted molar refractivity (Wildman–Crippen MR) is 162 cm³/mol. The third-order valence-electron chi connectivity index (χ3n) is 7.53. The Balaban J connectivity index is 4.12. The molecule has 0 aliphatic heterocycles. The van der Waals surface area contributed by atoms with Crippen molar-refractivity contribution in [3.63, 3.8) is 0 Å². The van der Waals surface area contributed by atoms with Gasteiger partial charge < -0.3 is 15.2 Å². The lowest BCUT2D eigenvalue weighted by molar-refractivity contribution is -0.150. The fourth-order valence-electron chi connectivity index (χ4n) is 5.04.